The minimum Gasteiger partial charge on any atom is -0.319 e. The van der Waals surface area contributed by atoms with Gasteiger partial charge >= 0.3 is 6.03 Å². The Morgan fingerprint density at radius 2 is 2.09 bits per heavy atom. The lowest BCUT2D eigenvalue weighted by Gasteiger charge is -2.31. The normalized spacial score (nSPS) is 23.3. The van der Waals surface area contributed by atoms with Gasteiger partial charge in [-0.2, -0.15) is 0 Å². The molecule has 1 unspecified atom stereocenters. The molecular formula is C18H18N2O2S. The first-order chi connectivity index (χ1) is 11.1. The van der Waals surface area contributed by atoms with Crippen molar-refractivity contribution in [2.45, 2.75) is 38.3 Å². The van der Waals surface area contributed by atoms with Crippen molar-refractivity contribution in [3.05, 3.63) is 57.3 Å². The number of nitrogens with one attached hydrogen (secondary N) is 1. The summed E-state index contributed by atoms with van der Waals surface area (Å²) in [5.74, 6) is -0.106. The molecule has 2 heterocycles. The molecule has 0 saturated carbocycles. The lowest BCUT2D eigenvalue weighted by molar-refractivity contribution is -0.132. The molecule has 1 fully saturated rings. The SMILES string of the molecule is Cc1ccccc1CN1C(=O)NC2(CCCc3sccc32)C1=O. The number of aryl methyl sites for hydroxylation is 2. The van der Waals surface area contributed by atoms with Crippen LogP contribution in [0.3, 0.4) is 0 Å². The Hall–Kier alpha value is -2.14. The minimum absolute atomic E-state index is 0.106. The molecule has 1 atom stereocenters. The third-order valence-corrected chi connectivity index (χ3v) is 5.91. The van der Waals surface area contributed by atoms with E-state index < -0.39 is 5.54 Å². The highest BCUT2D eigenvalue weighted by molar-refractivity contribution is 7.10. The smallest absolute Gasteiger partial charge is 0.319 e. The monoisotopic (exact) mass is 326 g/mol. The van der Waals surface area contributed by atoms with Gasteiger partial charge in [-0.25, -0.2) is 4.79 Å². The number of carbonyl (C=O) groups is 2. The van der Waals surface area contributed by atoms with Crippen molar-refractivity contribution >= 4 is 23.3 Å². The summed E-state index contributed by atoms with van der Waals surface area (Å²) < 4.78 is 0. The van der Waals surface area contributed by atoms with Crippen LogP contribution in [0.1, 0.15) is 34.4 Å². The van der Waals surface area contributed by atoms with Gasteiger partial charge in [0.25, 0.3) is 5.91 Å². The predicted octanol–water partition coefficient (Wildman–Crippen LogP) is 3.34. The topological polar surface area (TPSA) is 49.4 Å². The van der Waals surface area contributed by atoms with E-state index in [9.17, 15) is 9.59 Å². The maximum Gasteiger partial charge on any atom is 0.325 e. The van der Waals surface area contributed by atoms with Crippen molar-refractivity contribution in [3.8, 4) is 0 Å². The highest BCUT2D eigenvalue weighted by Crippen LogP contribution is 2.42. The maximum absolute atomic E-state index is 13.1. The van der Waals surface area contributed by atoms with Crippen LogP contribution in [0, 0.1) is 6.92 Å². The Kier molecular flexibility index (Phi) is 3.27. The minimum atomic E-state index is -0.840. The van der Waals surface area contributed by atoms with Crippen LogP contribution in [0.2, 0.25) is 0 Å². The second-order valence-corrected chi connectivity index (χ2v) is 7.26. The number of carbonyl (C=O) groups excluding carboxylic acids is 2. The Morgan fingerprint density at radius 1 is 1.26 bits per heavy atom. The molecular weight excluding hydrogens is 308 g/mol. The molecule has 1 aliphatic heterocycles. The highest BCUT2D eigenvalue weighted by atomic mass is 32.1. The van der Waals surface area contributed by atoms with E-state index in [2.05, 4.69) is 5.32 Å². The van der Waals surface area contributed by atoms with Crippen LogP contribution < -0.4 is 5.32 Å². The molecule has 1 N–H and O–H groups in total. The number of thiophene rings is 1. The van der Waals surface area contributed by atoms with Gasteiger partial charge in [-0.05, 0) is 48.8 Å². The molecule has 1 aromatic carbocycles. The summed E-state index contributed by atoms with van der Waals surface area (Å²) in [7, 11) is 0. The molecule has 0 bridgehead atoms. The van der Waals surface area contributed by atoms with E-state index in [1.165, 1.54) is 9.78 Å². The molecule has 2 aromatic rings. The predicted molar refractivity (Wildman–Crippen MR) is 89.2 cm³/mol. The number of rotatable bonds is 2. The van der Waals surface area contributed by atoms with Crippen molar-refractivity contribution in [2.75, 3.05) is 0 Å². The molecule has 118 valence electrons. The number of fused-ring (bicyclic) bond motifs is 2. The van der Waals surface area contributed by atoms with Gasteiger partial charge in [0, 0.05) is 10.4 Å². The summed E-state index contributed by atoms with van der Waals surface area (Å²) in [6.45, 7) is 2.33. The quantitative estimate of drug-likeness (QED) is 0.861. The van der Waals surface area contributed by atoms with Gasteiger partial charge in [-0.3, -0.25) is 9.69 Å². The number of benzene rings is 1. The lowest BCUT2D eigenvalue weighted by Crippen LogP contribution is -2.46. The maximum atomic E-state index is 13.1. The van der Waals surface area contributed by atoms with Crippen molar-refractivity contribution in [1.29, 1.82) is 0 Å². The van der Waals surface area contributed by atoms with E-state index in [1.807, 2.05) is 42.6 Å². The van der Waals surface area contributed by atoms with Gasteiger partial charge in [0.15, 0.2) is 0 Å². The average molecular weight is 326 g/mol. The van der Waals surface area contributed by atoms with Crippen LogP contribution in [0.15, 0.2) is 35.7 Å². The van der Waals surface area contributed by atoms with Gasteiger partial charge in [-0.1, -0.05) is 24.3 Å². The average Bonchev–Trinajstić information content (AvgIpc) is 3.10. The number of urea groups is 1. The number of imide groups is 1. The van der Waals surface area contributed by atoms with E-state index in [1.54, 1.807) is 11.3 Å². The van der Waals surface area contributed by atoms with Crippen LogP contribution in [0.5, 0.6) is 0 Å². The third-order valence-electron chi connectivity index (χ3n) is 4.93. The van der Waals surface area contributed by atoms with E-state index in [0.717, 1.165) is 29.5 Å². The van der Waals surface area contributed by atoms with Gasteiger partial charge < -0.3 is 5.32 Å². The van der Waals surface area contributed by atoms with Crippen LogP contribution in [0.25, 0.3) is 0 Å². The second-order valence-electron chi connectivity index (χ2n) is 6.26. The second kappa shape index (κ2) is 5.20. The highest BCUT2D eigenvalue weighted by Gasteiger charge is 2.54. The summed E-state index contributed by atoms with van der Waals surface area (Å²) in [5.41, 5.74) is 2.26. The fourth-order valence-corrected chi connectivity index (χ4v) is 4.64. The number of amides is 3. The molecule has 4 nitrogen and oxygen atoms in total. The molecule has 4 rings (SSSR count). The van der Waals surface area contributed by atoms with Crippen LogP contribution in [0.4, 0.5) is 4.79 Å². The largest absolute Gasteiger partial charge is 0.325 e. The molecule has 1 aliphatic carbocycles. The zero-order valence-electron chi connectivity index (χ0n) is 13.0. The molecule has 3 amide bonds. The zero-order chi connectivity index (χ0) is 16.0. The molecule has 1 saturated heterocycles. The molecule has 1 aromatic heterocycles. The molecule has 5 heteroatoms. The third kappa shape index (κ3) is 2.10. The fraction of sp³-hybridized carbons (Fsp3) is 0.333. The van der Waals surface area contributed by atoms with E-state index in [0.29, 0.717) is 13.0 Å². The Balaban J connectivity index is 1.70. The molecule has 0 radical (unpaired) electrons. The van der Waals surface area contributed by atoms with Gasteiger partial charge in [0.2, 0.25) is 0 Å². The summed E-state index contributed by atoms with van der Waals surface area (Å²) in [6.07, 6.45) is 2.61. The van der Waals surface area contributed by atoms with Crippen LogP contribution in [-0.4, -0.2) is 16.8 Å². The number of nitrogens with zero attached hydrogens (tertiary/aromatic N) is 1. The summed E-state index contributed by atoms with van der Waals surface area (Å²) >= 11 is 1.68. The first kappa shape index (κ1) is 14.5. The molecule has 1 spiro atoms. The Bertz CT molecular complexity index is 798. The van der Waals surface area contributed by atoms with Crippen molar-refractivity contribution in [2.24, 2.45) is 0 Å². The van der Waals surface area contributed by atoms with Gasteiger partial charge in [0.1, 0.15) is 5.54 Å². The molecule has 23 heavy (non-hydrogen) atoms. The van der Waals surface area contributed by atoms with Crippen molar-refractivity contribution in [1.82, 2.24) is 10.2 Å². The van der Waals surface area contributed by atoms with Gasteiger partial charge in [-0.15, -0.1) is 11.3 Å². The van der Waals surface area contributed by atoms with Crippen molar-refractivity contribution < 1.29 is 9.59 Å². The first-order valence-electron chi connectivity index (χ1n) is 7.87. The fourth-order valence-electron chi connectivity index (χ4n) is 3.64. The van der Waals surface area contributed by atoms with E-state index in [-0.39, 0.29) is 11.9 Å². The van der Waals surface area contributed by atoms with E-state index in [4.69, 9.17) is 0 Å². The molecule has 2 aliphatic rings. The standard InChI is InChI=1S/C18H18N2O2S/c1-12-5-2-3-6-13(12)11-20-16(21)18(19-17(20)22)9-4-7-15-14(18)8-10-23-15/h2-3,5-6,8,10H,4,7,9,11H2,1H3,(H,19,22). The van der Waals surface area contributed by atoms with Crippen LogP contribution >= 0.6 is 11.3 Å². The first-order valence-corrected chi connectivity index (χ1v) is 8.75. The number of hydrogen-bond donors (Lipinski definition) is 1. The summed E-state index contributed by atoms with van der Waals surface area (Å²) in [5, 5.41) is 5.01. The lowest BCUT2D eigenvalue weighted by atomic mass is 9.80. The summed E-state index contributed by atoms with van der Waals surface area (Å²) in [4.78, 5) is 28.2. The van der Waals surface area contributed by atoms with E-state index >= 15 is 0 Å². The summed E-state index contributed by atoms with van der Waals surface area (Å²) in [6, 6.07) is 9.59. The zero-order valence-corrected chi connectivity index (χ0v) is 13.8. The van der Waals surface area contributed by atoms with Crippen LogP contribution in [-0.2, 0) is 23.3 Å². The number of hydrogen-bond acceptors (Lipinski definition) is 3. The Morgan fingerprint density at radius 3 is 2.91 bits per heavy atom. The van der Waals surface area contributed by atoms with Crippen molar-refractivity contribution in [3.63, 3.8) is 0 Å². The Labute approximate surface area is 139 Å². The van der Waals surface area contributed by atoms with Gasteiger partial charge in [0.05, 0.1) is 6.54 Å².